The molecule has 58 valence electrons. The number of nitrogens with zero attached hydrogens (tertiary/aromatic N) is 2. The van der Waals surface area contributed by atoms with Crippen molar-refractivity contribution < 1.29 is 4.52 Å². The summed E-state index contributed by atoms with van der Waals surface area (Å²) >= 11 is 0. The Hall–Kier alpha value is -1.30. The molecule has 1 aromatic rings. The molecular formula is C8H10N2O. The second-order valence-corrected chi connectivity index (χ2v) is 2.61. The molecule has 1 unspecified atom stereocenters. The third-order valence-corrected chi connectivity index (χ3v) is 1.78. The Kier molecular flexibility index (Phi) is 1.95. The molecule has 0 amide bonds. The maximum absolute atomic E-state index is 8.58. The van der Waals surface area contributed by atoms with Crippen LogP contribution >= 0.6 is 0 Å². The molecule has 1 rings (SSSR count). The Bertz CT molecular complexity index is 296. The monoisotopic (exact) mass is 150 g/mol. The first-order valence-corrected chi connectivity index (χ1v) is 3.49. The first kappa shape index (κ1) is 7.80. The van der Waals surface area contributed by atoms with Crippen molar-refractivity contribution in [3.63, 3.8) is 0 Å². The molecule has 0 aliphatic carbocycles. The second kappa shape index (κ2) is 2.75. The van der Waals surface area contributed by atoms with Crippen LogP contribution in [0.5, 0.6) is 0 Å². The number of aromatic nitrogens is 1. The normalized spacial score (nSPS) is 12.5. The summed E-state index contributed by atoms with van der Waals surface area (Å²) in [6.45, 7) is 5.58. The van der Waals surface area contributed by atoms with Crippen LogP contribution in [0.25, 0.3) is 0 Å². The van der Waals surface area contributed by atoms with Gasteiger partial charge in [-0.05, 0) is 20.8 Å². The molecule has 0 fully saturated rings. The maximum Gasteiger partial charge on any atom is 0.156 e. The number of nitriles is 1. The molecule has 0 spiro atoms. The largest absolute Gasteiger partial charge is 0.359 e. The number of rotatable bonds is 1. The van der Waals surface area contributed by atoms with Gasteiger partial charge in [0.25, 0.3) is 0 Å². The minimum Gasteiger partial charge on any atom is -0.359 e. The van der Waals surface area contributed by atoms with E-state index in [2.05, 4.69) is 11.2 Å². The van der Waals surface area contributed by atoms with E-state index in [-0.39, 0.29) is 5.92 Å². The fourth-order valence-electron chi connectivity index (χ4n) is 0.895. The van der Waals surface area contributed by atoms with Crippen LogP contribution in [0.4, 0.5) is 0 Å². The van der Waals surface area contributed by atoms with Gasteiger partial charge in [-0.15, -0.1) is 0 Å². The first-order valence-electron chi connectivity index (χ1n) is 3.49. The van der Waals surface area contributed by atoms with Crippen molar-refractivity contribution in [3.05, 3.63) is 17.0 Å². The van der Waals surface area contributed by atoms with Crippen molar-refractivity contribution in [1.29, 1.82) is 5.26 Å². The Labute approximate surface area is 65.6 Å². The summed E-state index contributed by atoms with van der Waals surface area (Å²) in [5.41, 5.74) is 1.85. The Morgan fingerprint density at radius 1 is 1.55 bits per heavy atom. The summed E-state index contributed by atoms with van der Waals surface area (Å²) in [6.07, 6.45) is 0. The van der Waals surface area contributed by atoms with Crippen LogP contribution in [-0.4, -0.2) is 5.16 Å². The molecule has 0 N–H and O–H groups in total. The highest BCUT2D eigenvalue weighted by Gasteiger charge is 2.14. The molecule has 0 aromatic carbocycles. The van der Waals surface area contributed by atoms with E-state index in [1.165, 1.54) is 0 Å². The van der Waals surface area contributed by atoms with Crippen molar-refractivity contribution in [1.82, 2.24) is 5.16 Å². The Morgan fingerprint density at radius 3 is 2.55 bits per heavy atom. The lowest BCUT2D eigenvalue weighted by Gasteiger charge is -1.95. The number of hydrogen-bond donors (Lipinski definition) is 0. The van der Waals surface area contributed by atoms with E-state index in [4.69, 9.17) is 9.78 Å². The van der Waals surface area contributed by atoms with Gasteiger partial charge in [0.1, 0.15) is 5.92 Å². The van der Waals surface area contributed by atoms with Crippen LogP contribution in [0.3, 0.4) is 0 Å². The smallest absolute Gasteiger partial charge is 0.156 e. The predicted molar refractivity (Wildman–Crippen MR) is 40.0 cm³/mol. The number of aryl methyl sites for hydroxylation is 1. The van der Waals surface area contributed by atoms with E-state index in [1.54, 1.807) is 6.92 Å². The van der Waals surface area contributed by atoms with Crippen LogP contribution < -0.4 is 0 Å². The molecule has 0 saturated carbocycles. The third-order valence-electron chi connectivity index (χ3n) is 1.78. The van der Waals surface area contributed by atoms with Gasteiger partial charge < -0.3 is 4.52 Å². The van der Waals surface area contributed by atoms with E-state index < -0.39 is 0 Å². The fraction of sp³-hybridized carbons (Fsp3) is 0.500. The molecule has 0 aliphatic heterocycles. The van der Waals surface area contributed by atoms with E-state index in [1.807, 2.05) is 13.8 Å². The SMILES string of the molecule is Cc1noc(C(C)C#N)c1C. The van der Waals surface area contributed by atoms with Crippen molar-refractivity contribution in [2.75, 3.05) is 0 Å². The molecule has 1 aromatic heterocycles. The molecule has 3 nitrogen and oxygen atoms in total. The van der Waals surface area contributed by atoms with Crippen molar-refractivity contribution in [2.24, 2.45) is 0 Å². The molecule has 11 heavy (non-hydrogen) atoms. The van der Waals surface area contributed by atoms with Crippen molar-refractivity contribution in [3.8, 4) is 6.07 Å². The predicted octanol–water partition coefficient (Wildman–Crippen LogP) is 1.92. The standard InChI is InChI=1S/C8H10N2O/c1-5(4-9)8-6(2)7(3)10-11-8/h5H,1-3H3. The topological polar surface area (TPSA) is 49.8 Å². The first-order chi connectivity index (χ1) is 5.16. The second-order valence-electron chi connectivity index (χ2n) is 2.61. The third kappa shape index (κ3) is 1.25. The van der Waals surface area contributed by atoms with Crippen LogP contribution in [0.2, 0.25) is 0 Å². The van der Waals surface area contributed by atoms with Gasteiger partial charge in [0.2, 0.25) is 0 Å². The molecule has 3 heteroatoms. The average Bonchev–Trinajstić information content (AvgIpc) is 2.32. The van der Waals surface area contributed by atoms with Gasteiger partial charge in [0, 0.05) is 5.56 Å². The number of hydrogen-bond acceptors (Lipinski definition) is 3. The summed E-state index contributed by atoms with van der Waals surface area (Å²) in [7, 11) is 0. The van der Waals surface area contributed by atoms with Gasteiger partial charge >= 0.3 is 0 Å². The summed E-state index contributed by atoms with van der Waals surface area (Å²) in [5.74, 6) is 0.487. The molecule has 0 radical (unpaired) electrons. The zero-order chi connectivity index (χ0) is 8.43. The summed E-state index contributed by atoms with van der Waals surface area (Å²) < 4.78 is 4.98. The maximum atomic E-state index is 8.58. The fourth-order valence-corrected chi connectivity index (χ4v) is 0.895. The minimum atomic E-state index is -0.198. The molecule has 0 saturated heterocycles. The van der Waals surface area contributed by atoms with Gasteiger partial charge in [-0.3, -0.25) is 0 Å². The zero-order valence-corrected chi connectivity index (χ0v) is 6.88. The summed E-state index contributed by atoms with van der Waals surface area (Å²) in [6, 6.07) is 2.10. The van der Waals surface area contributed by atoms with Gasteiger partial charge in [-0.1, -0.05) is 5.16 Å². The van der Waals surface area contributed by atoms with Gasteiger partial charge in [-0.2, -0.15) is 5.26 Å². The quantitative estimate of drug-likeness (QED) is 0.614. The van der Waals surface area contributed by atoms with E-state index >= 15 is 0 Å². The lowest BCUT2D eigenvalue weighted by molar-refractivity contribution is 0.374. The van der Waals surface area contributed by atoms with Crippen LogP contribution in [0.1, 0.15) is 29.9 Å². The van der Waals surface area contributed by atoms with Crippen molar-refractivity contribution in [2.45, 2.75) is 26.7 Å². The van der Waals surface area contributed by atoms with Gasteiger partial charge in [0.05, 0.1) is 11.8 Å². The minimum absolute atomic E-state index is 0.198. The Morgan fingerprint density at radius 2 is 2.18 bits per heavy atom. The van der Waals surface area contributed by atoms with Gasteiger partial charge in [0.15, 0.2) is 5.76 Å². The van der Waals surface area contributed by atoms with E-state index in [0.29, 0.717) is 5.76 Å². The van der Waals surface area contributed by atoms with Gasteiger partial charge in [-0.25, -0.2) is 0 Å². The van der Waals surface area contributed by atoms with Crippen LogP contribution in [-0.2, 0) is 0 Å². The van der Waals surface area contributed by atoms with Crippen molar-refractivity contribution >= 4 is 0 Å². The average molecular weight is 150 g/mol. The van der Waals surface area contributed by atoms with Crippen LogP contribution in [0.15, 0.2) is 4.52 Å². The zero-order valence-electron chi connectivity index (χ0n) is 6.88. The van der Waals surface area contributed by atoms with E-state index in [0.717, 1.165) is 11.3 Å². The lowest BCUT2D eigenvalue weighted by atomic mass is 10.1. The lowest BCUT2D eigenvalue weighted by Crippen LogP contribution is -1.89. The molecular weight excluding hydrogens is 140 g/mol. The molecule has 1 heterocycles. The Balaban J connectivity index is 3.07. The molecule has 1 atom stereocenters. The van der Waals surface area contributed by atoms with Crippen LogP contribution in [0, 0.1) is 25.2 Å². The highest BCUT2D eigenvalue weighted by atomic mass is 16.5. The highest BCUT2D eigenvalue weighted by Crippen LogP contribution is 2.20. The summed E-state index contributed by atoms with van der Waals surface area (Å²) in [5, 5.41) is 12.3. The summed E-state index contributed by atoms with van der Waals surface area (Å²) in [4.78, 5) is 0. The highest BCUT2D eigenvalue weighted by molar-refractivity contribution is 5.25. The molecule has 0 aliphatic rings. The van der Waals surface area contributed by atoms with E-state index in [9.17, 15) is 0 Å². The molecule has 0 bridgehead atoms.